The van der Waals surface area contributed by atoms with Gasteiger partial charge in [-0.2, -0.15) is 0 Å². The second-order valence-corrected chi connectivity index (χ2v) is 3.43. The van der Waals surface area contributed by atoms with Gasteiger partial charge in [0.25, 0.3) is 0 Å². The molecular weight excluding hydrogens is 172 g/mol. The van der Waals surface area contributed by atoms with Gasteiger partial charge in [-0.05, 0) is 24.6 Å². The summed E-state index contributed by atoms with van der Waals surface area (Å²) in [6.45, 7) is 2.13. The number of nitrogens with one attached hydrogen (secondary N) is 1. The lowest BCUT2D eigenvalue weighted by molar-refractivity contribution is 0.759. The van der Waals surface area contributed by atoms with Crippen molar-refractivity contribution in [2.24, 2.45) is 0 Å². The first-order chi connectivity index (χ1) is 5.88. The molecule has 1 aliphatic rings. The summed E-state index contributed by atoms with van der Waals surface area (Å²) in [7, 11) is 0. The molecule has 1 atom stereocenters. The van der Waals surface area contributed by atoms with Crippen LogP contribution in [0.3, 0.4) is 0 Å². The van der Waals surface area contributed by atoms with E-state index in [0.29, 0.717) is 11.1 Å². The molecule has 1 saturated heterocycles. The van der Waals surface area contributed by atoms with Crippen molar-refractivity contribution in [1.82, 2.24) is 10.3 Å². The minimum Gasteiger partial charge on any atom is -0.316 e. The summed E-state index contributed by atoms with van der Waals surface area (Å²) in [5, 5.41) is 3.97. The second kappa shape index (κ2) is 3.42. The minimum absolute atomic E-state index is 0.561. The number of nitrogens with zero attached hydrogens (tertiary/aromatic N) is 1. The third-order valence-electron chi connectivity index (χ3n) is 2.29. The topological polar surface area (TPSA) is 24.9 Å². The summed E-state index contributed by atoms with van der Waals surface area (Å²) >= 11 is 5.97. The van der Waals surface area contributed by atoms with Crippen LogP contribution >= 0.6 is 11.6 Å². The van der Waals surface area contributed by atoms with E-state index < -0.39 is 0 Å². The van der Waals surface area contributed by atoms with Gasteiger partial charge < -0.3 is 5.32 Å². The van der Waals surface area contributed by atoms with Gasteiger partial charge in [0.2, 0.25) is 0 Å². The van der Waals surface area contributed by atoms with Gasteiger partial charge in [0, 0.05) is 18.7 Å². The van der Waals surface area contributed by atoms with Crippen molar-refractivity contribution in [3.05, 3.63) is 29.0 Å². The van der Waals surface area contributed by atoms with E-state index in [4.69, 9.17) is 11.6 Å². The normalized spacial score (nSPS) is 22.9. The van der Waals surface area contributed by atoms with Crippen molar-refractivity contribution in [1.29, 1.82) is 0 Å². The zero-order valence-corrected chi connectivity index (χ0v) is 7.51. The molecule has 12 heavy (non-hydrogen) atoms. The Bertz CT molecular complexity index is 269. The van der Waals surface area contributed by atoms with Crippen LogP contribution in [0, 0.1) is 0 Å². The van der Waals surface area contributed by atoms with Crippen molar-refractivity contribution in [2.45, 2.75) is 12.3 Å². The van der Waals surface area contributed by atoms with Crippen LogP contribution in [0.15, 0.2) is 18.3 Å². The van der Waals surface area contributed by atoms with Crippen LogP contribution < -0.4 is 5.32 Å². The monoisotopic (exact) mass is 182 g/mol. The van der Waals surface area contributed by atoms with Crippen LogP contribution in [0.1, 0.15) is 17.9 Å². The Hall–Kier alpha value is -0.600. The lowest BCUT2D eigenvalue weighted by Gasteiger charge is -2.08. The van der Waals surface area contributed by atoms with Crippen LogP contribution in [0.2, 0.25) is 5.15 Å². The van der Waals surface area contributed by atoms with Crippen LogP contribution in [0.5, 0.6) is 0 Å². The molecule has 0 spiro atoms. The molecular formula is C9H11ClN2. The van der Waals surface area contributed by atoms with E-state index in [9.17, 15) is 0 Å². The zero-order chi connectivity index (χ0) is 8.39. The van der Waals surface area contributed by atoms with Gasteiger partial charge in [0.15, 0.2) is 0 Å². The van der Waals surface area contributed by atoms with Crippen molar-refractivity contribution in [3.63, 3.8) is 0 Å². The van der Waals surface area contributed by atoms with Gasteiger partial charge in [-0.15, -0.1) is 0 Å². The summed E-state index contributed by atoms with van der Waals surface area (Å²) in [5.74, 6) is 0.561. The standard InChI is InChI=1S/C9H11ClN2/c10-9-8(2-1-4-12-9)7-3-5-11-6-7/h1-2,4,7,11H,3,5-6H2. The highest BCUT2D eigenvalue weighted by molar-refractivity contribution is 6.30. The third-order valence-corrected chi connectivity index (χ3v) is 2.60. The maximum Gasteiger partial charge on any atom is 0.132 e. The lowest BCUT2D eigenvalue weighted by atomic mass is 10.0. The molecule has 1 N–H and O–H groups in total. The molecule has 3 heteroatoms. The maximum absolute atomic E-state index is 5.97. The Labute approximate surface area is 77.0 Å². The van der Waals surface area contributed by atoms with E-state index in [1.807, 2.05) is 6.07 Å². The van der Waals surface area contributed by atoms with Crippen molar-refractivity contribution >= 4 is 11.6 Å². The smallest absolute Gasteiger partial charge is 0.132 e. The van der Waals surface area contributed by atoms with E-state index in [1.54, 1.807) is 6.20 Å². The molecule has 64 valence electrons. The fourth-order valence-corrected chi connectivity index (χ4v) is 1.90. The molecule has 0 aliphatic carbocycles. The minimum atomic E-state index is 0.561. The molecule has 0 saturated carbocycles. The molecule has 2 heterocycles. The molecule has 1 unspecified atom stereocenters. The molecule has 0 radical (unpaired) electrons. The fraction of sp³-hybridized carbons (Fsp3) is 0.444. The van der Waals surface area contributed by atoms with E-state index in [1.165, 1.54) is 12.0 Å². The van der Waals surface area contributed by atoms with E-state index >= 15 is 0 Å². The molecule has 1 aromatic heterocycles. The van der Waals surface area contributed by atoms with Crippen LogP contribution in [0.4, 0.5) is 0 Å². The fourth-order valence-electron chi connectivity index (χ4n) is 1.62. The average Bonchev–Trinajstić information content (AvgIpc) is 2.57. The highest BCUT2D eigenvalue weighted by Gasteiger charge is 2.18. The highest BCUT2D eigenvalue weighted by atomic mass is 35.5. The van der Waals surface area contributed by atoms with Crippen LogP contribution in [-0.4, -0.2) is 18.1 Å². The van der Waals surface area contributed by atoms with Crippen molar-refractivity contribution in [3.8, 4) is 0 Å². The quantitative estimate of drug-likeness (QED) is 0.671. The highest BCUT2D eigenvalue weighted by Crippen LogP contribution is 2.26. The number of rotatable bonds is 1. The predicted molar refractivity (Wildman–Crippen MR) is 49.5 cm³/mol. The maximum atomic E-state index is 5.97. The first kappa shape index (κ1) is 8.02. The summed E-state index contributed by atoms with van der Waals surface area (Å²) < 4.78 is 0. The Kier molecular flexibility index (Phi) is 2.28. The SMILES string of the molecule is Clc1ncccc1C1CCNC1. The van der Waals surface area contributed by atoms with Gasteiger partial charge in [-0.25, -0.2) is 4.98 Å². The number of hydrogen-bond acceptors (Lipinski definition) is 2. The average molecular weight is 183 g/mol. The van der Waals surface area contributed by atoms with E-state index in [0.717, 1.165) is 13.1 Å². The molecule has 0 aromatic carbocycles. The number of pyridine rings is 1. The molecule has 1 aromatic rings. The predicted octanol–water partition coefficient (Wildman–Crippen LogP) is 1.81. The van der Waals surface area contributed by atoms with E-state index in [-0.39, 0.29) is 0 Å². The first-order valence-corrected chi connectivity index (χ1v) is 4.57. The van der Waals surface area contributed by atoms with Crippen LogP contribution in [-0.2, 0) is 0 Å². The van der Waals surface area contributed by atoms with Crippen LogP contribution in [0.25, 0.3) is 0 Å². The molecule has 2 rings (SSSR count). The number of halogens is 1. The van der Waals surface area contributed by atoms with Gasteiger partial charge in [0.05, 0.1) is 0 Å². The molecule has 0 amide bonds. The molecule has 1 fully saturated rings. The van der Waals surface area contributed by atoms with Gasteiger partial charge >= 0.3 is 0 Å². The summed E-state index contributed by atoms with van der Waals surface area (Å²) in [6.07, 6.45) is 2.90. The van der Waals surface area contributed by atoms with Crippen molar-refractivity contribution in [2.75, 3.05) is 13.1 Å². The molecule has 2 nitrogen and oxygen atoms in total. The zero-order valence-electron chi connectivity index (χ0n) is 6.76. The van der Waals surface area contributed by atoms with Gasteiger partial charge in [0.1, 0.15) is 5.15 Å². The van der Waals surface area contributed by atoms with Gasteiger partial charge in [-0.1, -0.05) is 17.7 Å². The second-order valence-electron chi connectivity index (χ2n) is 3.07. The summed E-state index contributed by atoms with van der Waals surface area (Å²) in [4.78, 5) is 4.06. The summed E-state index contributed by atoms with van der Waals surface area (Å²) in [5.41, 5.74) is 1.18. The Morgan fingerprint density at radius 1 is 1.58 bits per heavy atom. The first-order valence-electron chi connectivity index (χ1n) is 4.19. The Balaban J connectivity index is 2.26. The lowest BCUT2D eigenvalue weighted by Crippen LogP contribution is -2.08. The Morgan fingerprint density at radius 2 is 2.50 bits per heavy atom. The van der Waals surface area contributed by atoms with E-state index in [2.05, 4.69) is 16.4 Å². The van der Waals surface area contributed by atoms with Crippen molar-refractivity contribution < 1.29 is 0 Å². The van der Waals surface area contributed by atoms with Gasteiger partial charge in [-0.3, -0.25) is 0 Å². The Morgan fingerprint density at radius 3 is 3.17 bits per heavy atom. The number of aromatic nitrogens is 1. The largest absolute Gasteiger partial charge is 0.316 e. The summed E-state index contributed by atoms with van der Waals surface area (Å²) in [6, 6.07) is 4.01. The third kappa shape index (κ3) is 1.45. The molecule has 1 aliphatic heterocycles. The molecule has 0 bridgehead atoms. The number of hydrogen-bond donors (Lipinski definition) is 1.